The maximum Gasteiger partial charge on any atom is 0.281 e. The van der Waals surface area contributed by atoms with E-state index in [9.17, 15) is 4.79 Å². The van der Waals surface area contributed by atoms with Crippen molar-refractivity contribution in [3.05, 3.63) is 70.5 Å². The number of hydrogen-bond acceptors (Lipinski definition) is 4. The topological polar surface area (TPSA) is 70.5 Å². The molecule has 2 aliphatic rings. The molecule has 0 saturated heterocycles. The van der Waals surface area contributed by atoms with Crippen LogP contribution in [0.25, 0.3) is 38.8 Å². The van der Waals surface area contributed by atoms with Crippen LogP contribution < -0.4 is 5.56 Å². The van der Waals surface area contributed by atoms with E-state index in [-0.39, 0.29) is 5.56 Å². The zero-order valence-electron chi connectivity index (χ0n) is 19.4. The summed E-state index contributed by atoms with van der Waals surface area (Å²) in [4.78, 5) is 18.8. The van der Waals surface area contributed by atoms with Crippen molar-refractivity contribution in [1.82, 2.24) is 29.1 Å². The average molecular weight is 451 g/mol. The number of fused-ring (bicyclic) bond motifs is 2. The lowest BCUT2D eigenvalue weighted by molar-refractivity contribution is 0.645. The number of aromatic nitrogens is 6. The largest absolute Gasteiger partial charge is 0.345 e. The van der Waals surface area contributed by atoms with Gasteiger partial charge in [0.05, 0.1) is 22.3 Å². The van der Waals surface area contributed by atoms with Gasteiger partial charge in [-0.3, -0.25) is 14.5 Å². The Hall–Kier alpha value is -3.74. The van der Waals surface area contributed by atoms with Crippen LogP contribution in [-0.4, -0.2) is 29.1 Å². The third-order valence-corrected chi connectivity index (χ3v) is 7.15. The van der Waals surface area contributed by atoms with Gasteiger partial charge in [0.1, 0.15) is 5.52 Å². The Bertz CT molecular complexity index is 1630. The molecule has 7 rings (SSSR count). The molecule has 0 N–H and O–H groups in total. The molecular weight excluding hydrogens is 424 g/mol. The quantitative estimate of drug-likeness (QED) is 0.388. The predicted octanol–water partition coefficient (Wildman–Crippen LogP) is 4.73. The summed E-state index contributed by atoms with van der Waals surface area (Å²) in [5, 5.41) is 10.3. The Morgan fingerprint density at radius 1 is 1.03 bits per heavy atom. The maximum absolute atomic E-state index is 14.1. The molecular formula is C27H26N6O. The molecule has 7 nitrogen and oxygen atoms in total. The number of pyridine rings is 1. The second-order valence-corrected chi connectivity index (χ2v) is 9.99. The Morgan fingerprint density at radius 2 is 1.88 bits per heavy atom. The van der Waals surface area contributed by atoms with Gasteiger partial charge in [0.25, 0.3) is 5.56 Å². The molecule has 0 bridgehead atoms. The van der Waals surface area contributed by atoms with Crippen LogP contribution in [0.15, 0.2) is 53.7 Å². The Kier molecular flexibility index (Phi) is 4.13. The van der Waals surface area contributed by atoms with E-state index in [0.29, 0.717) is 17.4 Å². The van der Waals surface area contributed by atoms with Gasteiger partial charge in [-0.05, 0) is 68.4 Å². The van der Waals surface area contributed by atoms with E-state index in [1.807, 2.05) is 37.6 Å². The van der Waals surface area contributed by atoms with E-state index in [4.69, 9.17) is 10.1 Å². The predicted molar refractivity (Wildman–Crippen MR) is 132 cm³/mol. The van der Waals surface area contributed by atoms with Gasteiger partial charge in [-0.1, -0.05) is 6.07 Å². The summed E-state index contributed by atoms with van der Waals surface area (Å²) in [5.41, 5.74) is 7.05. The van der Waals surface area contributed by atoms with Crippen LogP contribution in [0.1, 0.15) is 42.9 Å². The lowest BCUT2D eigenvalue weighted by atomic mass is 10.1. The number of benzene rings is 1. The van der Waals surface area contributed by atoms with Gasteiger partial charge < -0.3 is 4.57 Å². The molecule has 34 heavy (non-hydrogen) atoms. The second kappa shape index (κ2) is 7.13. The fourth-order valence-electron chi connectivity index (χ4n) is 5.02. The normalized spacial score (nSPS) is 16.1. The molecule has 5 aromatic rings. The van der Waals surface area contributed by atoms with Crippen molar-refractivity contribution in [2.75, 3.05) is 0 Å². The van der Waals surface area contributed by atoms with Crippen molar-refractivity contribution in [3.8, 4) is 16.8 Å². The van der Waals surface area contributed by atoms with Gasteiger partial charge in [0.15, 0.2) is 0 Å². The zero-order chi connectivity index (χ0) is 23.0. The summed E-state index contributed by atoms with van der Waals surface area (Å²) in [5.74, 6) is 1.27. The molecule has 7 heteroatoms. The van der Waals surface area contributed by atoms with Crippen molar-refractivity contribution in [2.45, 2.75) is 45.1 Å². The van der Waals surface area contributed by atoms with E-state index in [2.05, 4.69) is 34.9 Å². The molecule has 0 radical (unpaired) electrons. The molecule has 0 amide bonds. The molecule has 0 unspecified atom stereocenters. The molecule has 0 spiro atoms. The summed E-state index contributed by atoms with van der Waals surface area (Å²) in [6, 6.07) is 10.0. The highest BCUT2D eigenvalue weighted by atomic mass is 16.1. The van der Waals surface area contributed by atoms with Crippen molar-refractivity contribution < 1.29 is 0 Å². The van der Waals surface area contributed by atoms with E-state index in [1.165, 1.54) is 25.7 Å². The van der Waals surface area contributed by atoms with Crippen LogP contribution in [0, 0.1) is 12.8 Å². The zero-order valence-corrected chi connectivity index (χ0v) is 19.4. The summed E-state index contributed by atoms with van der Waals surface area (Å²) in [6.07, 6.45) is 10.9. The van der Waals surface area contributed by atoms with Gasteiger partial charge in [-0.15, -0.1) is 0 Å². The van der Waals surface area contributed by atoms with E-state index < -0.39 is 0 Å². The molecule has 4 aromatic heterocycles. The second-order valence-electron chi connectivity index (χ2n) is 9.99. The van der Waals surface area contributed by atoms with Gasteiger partial charge in [-0.25, -0.2) is 0 Å². The van der Waals surface area contributed by atoms with Gasteiger partial charge in [0, 0.05) is 54.7 Å². The van der Waals surface area contributed by atoms with Gasteiger partial charge in [-0.2, -0.15) is 14.9 Å². The minimum absolute atomic E-state index is 0.119. The monoisotopic (exact) mass is 450 g/mol. The molecule has 4 heterocycles. The van der Waals surface area contributed by atoms with Crippen molar-refractivity contribution in [1.29, 1.82) is 0 Å². The first-order chi connectivity index (χ1) is 16.5. The number of hydrogen-bond donors (Lipinski definition) is 0. The summed E-state index contributed by atoms with van der Waals surface area (Å²) >= 11 is 0. The lowest BCUT2D eigenvalue weighted by Gasteiger charge is -2.13. The van der Waals surface area contributed by atoms with Crippen molar-refractivity contribution in [3.63, 3.8) is 0 Å². The first-order valence-corrected chi connectivity index (χ1v) is 12.1. The van der Waals surface area contributed by atoms with E-state index >= 15 is 0 Å². The standard InChI is InChI=1S/C27H26N6O/c1-16-13-32(14-17-3-4-17)26-24(19-7-9-22(28-12-19)18-5-6-18)27(34)33(30-25(16)26)21-8-10-23-20(11-21)15-31(2)29-23/h7-13,15,17-18H,3-6,14H2,1-2H3. The van der Waals surface area contributed by atoms with Crippen LogP contribution in [0.5, 0.6) is 0 Å². The number of aryl methyl sites for hydroxylation is 2. The number of rotatable bonds is 5. The first kappa shape index (κ1) is 19.7. The average Bonchev–Trinajstić information content (AvgIpc) is 3.75. The highest BCUT2D eigenvalue weighted by Crippen LogP contribution is 2.40. The molecule has 0 aliphatic heterocycles. The highest BCUT2D eigenvalue weighted by molar-refractivity contribution is 5.93. The Balaban J connectivity index is 1.48. The summed E-state index contributed by atoms with van der Waals surface area (Å²) in [7, 11) is 1.90. The van der Waals surface area contributed by atoms with Crippen LogP contribution in [-0.2, 0) is 13.6 Å². The summed E-state index contributed by atoms with van der Waals surface area (Å²) < 4.78 is 5.58. The maximum atomic E-state index is 14.1. The third kappa shape index (κ3) is 3.18. The van der Waals surface area contributed by atoms with E-state index in [1.54, 1.807) is 9.36 Å². The van der Waals surface area contributed by atoms with Crippen molar-refractivity contribution >= 4 is 21.9 Å². The lowest BCUT2D eigenvalue weighted by Crippen LogP contribution is -2.24. The fourth-order valence-corrected chi connectivity index (χ4v) is 5.02. The highest BCUT2D eigenvalue weighted by Gasteiger charge is 2.27. The van der Waals surface area contributed by atoms with Gasteiger partial charge >= 0.3 is 0 Å². The van der Waals surface area contributed by atoms with Crippen molar-refractivity contribution in [2.24, 2.45) is 13.0 Å². The number of nitrogens with zero attached hydrogens (tertiary/aromatic N) is 6. The van der Waals surface area contributed by atoms with Crippen LogP contribution in [0.4, 0.5) is 0 Å². The Morgan fingerprint density at radius 3 is 2.62 bits per heavy atom. The summed E-state index contributed by atoms with van der Waals surface area (Å²) in [6.45, 7) is 3.01. The van der Waals surface area contributed by atoms with Crippen LogP contribution >= 0.6 is 0 Å². The molecule has 0 atom stereocenters. The molecule has 2 aliphatic carbocycles. The first-order valence-electron chi connectivity index (χ1n) is 12.1. The molecule has 2 fully saturated rings. The minimum Gasteiger partial charge on any atom is -0.345 e. The molecule has 2 saturated carbocycles. The van der Waals surface area contributed by atoms with Crippen LogP contribution in [0.2, 0.25) is 0 Å². The smallest absolute Gasteiger partial charge is 0.281 e. The fraction of sp³-hybridized carbons (Fsp3) is 0.333. The van der Waals surface area contributed by atoms with Crippen LogP contribution in [0.3, 0.4) is 0 Å². The SMILES string of the molecule is Cc1cn(CC2CC2)c2c(-c3ccc(C4CC4)nc3)c(=O)n(-c3ccc4nn(C)cc4c3)nc12. The molecule has 170 valence electrons. The van der Waals surface area contributed by atoms with E-state index in [0.717, 1.165) is 51.0 Å². The van der Waals surface area contributed by atoms with Gasteiger partial charge in [0.2, 0.25) is 0 Å². The third-order valence-electron chi connectivity index (χ3n) is 7.15. The Labute approximate surface area is 196 Å². The minimum atomic E-state index is -0.119. The molecule has 1 aromatic carbocycles.